The Morgan fingerprint density at radius 2 is 1.23 bits per heavy atom. The van der Waals surface area contributed by atoms with E-state index in [0.717, 1.165) is 24.3 Å². The number of halogens is 3. The maximum absolute atomic E-state index is 10.7. The first-order chi connectivity index (χ1) is 12.0. The minimum Gasteiger partial charge on any atom is -0.477 e. The van der Waals surface area contributed by atoms with Gasteiger partial charge in [0, 0.05) is 22.2 Å². The third-order valence-electron chi connectivity index (χ3n) is 2.75. The van der Waals surface area contributed by atoms with Crippen molar-refractivity contribution in [1.29, 1.82) is 0 Å². The highest BCUT2D eigenvalue weighted by Gasteiger charge is 2.19. The van der Waals surface area contributed by atoms with Gasteiger partial charge in [-0.3, -0.25) is 25.0 Å². The summed E-state index contributed by atoms with van der Waals surface area (Å²) >= 11 is 16.1. The van der Waals surface area contributed by atoms with Crippen LogP contribution in [0.1, 0.15) is 20.7 Å². The molecule has 0 saturated heterocycles. The van der Waals surface area contributed by atoms with Crippen LogP contribution in [0.15, 0.2) is 36.4 Å². The van der Waals surface area contributed by atoms with Crippen LogP contribution >= 0.6 is 34.8 Å². The SMILES string of the molecule is O=C(Cl)c1cc(Cl)ccc1[N+](=O)[O-].O=C(O)c1cc(Cl)ccc1[N+](=O)[O-]. The Morgan fingerprint density at radius 3 is 1.58 bits per heavy atom. The molecule has 2 aromatic carbocycles. The molecule has 2 rings (SSSR count). The van der Waals surface area contributed by atoms with E-state index < -0.39 is 32.3 Å². The van der Waals surface area contributed by atoms with Gasteiger partial charge in [-0.1, -0.05) is 23.2 Å². The fourth-order valence-corrected chi connectivity index (χ4v) is 2.16. The fourth-order valence-electron chi connectivity index (χ4n) is 1.66. The Kier molecular flexibility index (Phi) is 7.44. The van der Waals surface area contributed by atoms with Gasteiger partial charge in [-0.15, -0.1) is 0 Å². The Bertz CT molecular complexity index is 829. The van der Waals surface area contributed by atoms with E-state index in [4.69, 9.17) is 39.9 Å². The van der Waals surface area contributed by atoms with Crippen molar-refractivity contribution < 1.29 is 24.5 Å². The van der Waals surface area contributed by atoms with E-state index >= 15 is 0 Å². The Balaban J connectivity index is 0.000000260. The van der Waals surface area contributed by atoms with Crippen LogP contribution in [0.25, 0.3) is 0 Å². The zero-order valence-corrected chi connectivity index (χ0v) is 14.7. The lowest BCUT2D eigenvalue weighted by molar-refractivity contribution is -0.385. The third kappa shape index (κ3) is 5.66. The minimum atomic E-state index is -1.37. The third-order valence-corrected chi connectivity index (χ3v) is 3.43. The predicted octanol–water partition coefficient (Wildman–Crippen LogP) is 4.57. The van der Waals surface area contributed by atoms with Gasteiger partial charge in [0.1, 0.15) is 11.1 Å². The summed E-state index contributed by atoms with van der Waals surface area (Å²) < 4.78 is 0. The molecule has 0 aliphatic rings. The number of benzene rings is 2. The number of nitrogens with zero attached hydrogens (tertiary/aromatic N) is 2. The van der Waals surface area contributed by atoms with Gasteiger partial charge in [-0.05, 0) is 35.9 Å². The molecule has 0 aromatic heterocycles. The van der Waals surface area contributed by atoms with Crippen molar-refractivity contribution in [3.63, 3.8) is 0 Å². The topological polar surface area (TPSA) is 141 Å². The normalized spacial score (nSPS) is 9.65. The number of aromatic carboxylic acids is 1. The summed E-state index contributed by atoms with van der Waals surface area (Å²) in [6, 6.07) is 7.00. The number of nitro benzene ring substituents is 2. The quantitative estimate of drug-likeness (QED) is 0.433. The van der Waals surface area contributed by atoms with Crippen LogP contribution < -0.4 is 0 Å². The molecular formula is C14H7Cl3N2O7. The summed E-state index contributed by atoms with van der Waals surface area (Å²) in [7, 11) is 0. The smallest absolute Gasteiger partial charge is 0.342 e. The summed E-state index contributed by atoms with van der Waals surface area (Å²) in [5.74, 6) is -1.37. The second-order valence-corrected chi connectivity index (χ2v) is 5.63. The fraction of sp³-hybridized carbons (Fsp3) is 0. The number of hydrogen-bond acceptors (Lipinski definition) is 6. The molecule has 0 fully saturated rings. The highest BCUT2D eigenvalue weighted by Crippen LogP contribution is 2.24. The Hall–Kier alpha value is -2.75. The van der Waals surface area contributed by atoms with Gasteiger partial charge in [0.25, 0.3) is 16.6 Å². The van der Waals surface area contributed by atoms with Gasteiger partial charge in [0.2, 0.25) is 0 Å². The zero-order chi connectivity index (χ0) is 20.0. The van der Waals surface area contributed by atoms with E-state index in [9.17, 15) is 29.8 Å². The van der Waals surface area contributed by atoms with Crippen molar-refractivity contribution >= 4 is 57.4 Å². The van der Waals surface area contributed by atoms with Gasteiger partial charge in [0.05, 0.1) is 9.85 Å². The Labute approximate surface area is 160 Å². The summed E-state index contributed by atoms with van der Waals surface area (Å²) in [4.78, 5) is 40.5. The summed E-state index contributed by atoms with van der Waals surface area (Å²) in [5, 5.41) is 28.8. The van der Waals surface area contributed by atoms with Crippen molar-refractivity contribution in [1.82, 2.24) is 0 Å². The molecule has 0 aliphatic heterocycles. The maximum Gasteiger partial charge on any atom is 0.342 e. The molecule has 0 saturated carbocycles. The van der Waals surface area contributed by atoms with Crippen molar-refractivity contribution in [3.8, 4) is 0 Å². The van der Waals surface area contributed by atoms with Crippen LogP contribution in [0, 0.1) is 20.2 Å². The molecule has 0 unspecified atom stereocenters. The van der Waals surface area contributed by atoms with Gasteiger partial charge in [-0.2, -0.15) is 0 Å². The van der Waals surface area contributed by atoms with Gasteiger partial charge in [-0.25, -0.2) is 4.79 Å². The molecule has 0 bridgehead atoms. The predicted molar refractivity (Wildman–Crippen MR) is 93.4 cm³/mol. The first-order valence-electron chi connectivity index (χ1n) is 6.35. The number of carboxylic acid groups (broad SMARTS) is 1. The van der Waals surface area contributed by atoms with Crippen molar-refractivity contribution in [2.45, 2.75) is 0 Å². The number of hydrogen-bond donors (Lipinski definition) is 1. The van der Waals surface area contributed by atoms with Crippen LogP contribution in [0.3, 0.4) is 0 Å². The molecule has 0 atom stereocenters. The van der Waals surface area contributed by atoms with E-state index in [1.165, 1.54) is 12.1 Å². The Morgan fingerprint density at radius 1 is 0.846 bits per heavy atom. The molecule has 12 heteroatoms. The maximum atomic E-state index is 10.7. The van der Waals surface area contributed by atoms with Crippen LogP contribution in [0.2, 0.25) is 10.0 Å². The highest BCUT2D eigenvalue weighted by molar-refractivity contribution is 6.68. The van der Waals surface area contributed by atoms with Crippen molar-refractivity contribution in [2.24, 2.45) is 0 Å². The first kappa shape index (κ1) is 21.3. The molecule has 0 amide bonds. The van der Waals surface area contributed by atoms with Crippen LogP contribution in [0.5, 0.6) is 0 Å². The second-order valence-electron chi connectivity index (χ2n) is 4.42. The van der Waals surface area contributed by atoms with Crippen molar-refractivity contribution in [3.05, 3.63) is 77.8 Å². The minimum absolute atomic E-state index is 0.156. The van der Waals surface area contributed by atoms with Crippen LogP contribution in [-0.4, -0.2) is 26.2 Å². The molecule has 26 heavy (non-hydrogen) atoms. The number of rotatable bonds is 4. The van der Waals surface area contributed by atoms with Crippen molar-refractivity contribution in [2.75, 3.05) is 0 Å². The number of nitro groups is 2. The van der Waals surface area contributed by atoms with E-state index in [1.807, 2.05) is 0 Å². The number of carbonyl (C=O) groups is 2. The van der Waals surface area contributed by atoms with E-state index in [0.29, 0.717) is 0 Å². The van der Waals surface area contributed by atoms with Gasteiger partial charge < -0.3 is 5.11 Å². The highest BCUT2D eigenvalue weighted by atomic mass is 35.5. The summed E-state index contributed by atoms with van der Waals surface area (Å²) in [6.45, 7) is 0. The molecule has 0 radical (unpaired) electrons. The van der Waals surface area contributed by atoms with Gasteiger partial charge in [0.15, 0.2) is 0 Å². The van der Waals surface area contributed by atoms with E-state index in [2.05, 4.69) is 0 Å². The van der Waals surface area contributed by atoms with Gasteiger partial charge >= 0.3 is 5.97 Å². The lowest BCUT2D eigenvalue weighted by atomic mass is 10.2. The average molecular weight is 422 g/mol. The molecule has 2 aromatic rings. The lowest BCUT2D eigenvalue weighted by Gasteiger charge is -1.97. The van der Waals surface area contributed by atoms with Crippen LogP contribution in [0.4, 0.5) is 11.4 Å². The largest absolute Gasteiger partial charge is 0.477 e. The van der Waals surface area contributed by atoms with E-state index in [-0.39, 0.29) is 21.3 Å². The first-order valence-corrected chi connectivity index (χ1v) is 7.49. The standard InChI is InChI=1S/C7H3Cl2NO3.C7H4ClNO4/c8-4-1-2-6(10(12)13)5(3-4)7(9)11;8-4-1-2-6(9(12)13)5(3-4)7(10)11/h1-3H;1-3H,(H,10,11). The monoisotopic (exact) mass is 420 g/mol. The molecule has 0 heterocycles. The van der Waals surface area contributed by atoms with E-state index in [1.54, 1.807) is 0 Å². The molecular weight excluding hydrogens is 415 g/mol. The summed E-state index contributed by atoms with van der Waals surface area (Å²) in [5.41, 5.74) is -1.40. The average Bonchev–Trinajstić information content (AvgIpc) is 2.54. The molecule has 0 spiro atoms. The molecule has 0 aliphatic carbocycles. The second kappa shape index (κ2) is 9.09. The van der Waals surface area contributed by atoms with Crippen LogP contribution in [-0.2, 0) is 0 Å². The summed E-state index contributed by atoms with van der Waals surface area (Å²) in [6.07, 6.45) is 0. The zero-order valence-electron chi connectivity index (χ0n) is 12.4. The number of carbonyl (C=O) groups excluding carboxylic acids is 1. The lowest BCUT2D eigenvalue weighted by Crippen LogP contribution is -2.02. The molecule has 1 N–H and O–H groups in total. The molecule has 136 valence electrons. The molecule has 9 nitrogen and oxygen atoms in total. The number of carboxylic acids is 1.